The van der Waals surface area contributed by atoms with Crippen LogP contribution in [0.15, 0.2) is 16.9 Å². The highest BCUT2D eigenvalue weighted by atomic mass is 16.1. The topological polar surface area (TPSA) is 82.1 Å². The Balaban J connectivity index is 1.52. The summed E-state index contributed by atoms with van der Waals surface area (Å²) in [6.07, 6.45) is 6.00. The zero-order chi connectivity index (χ0) is 17.4. The molecule has 0 aromatic carbocycles. The zero-order valence-electron chi connectivity index (χ0n) is 14.8. The summed E-state index contributed by atoms with van der Waals surface area (Å²) >= 11 is 0. The number of fused-ring (bicyclic) bond motifs is 2. The van der Waals surface area contributed by atoms with E-state index in [9.17, 15) is 4.79 Å². The summed E-state index contributed by atoms with van der Waals surface area (Å²) in [5.74, 6) is 0. The van der Waals surface area contributed by atoms with E-state index in [1.54, 1.807) is 6.07 Å². The van der Waals surface area contributed by atoms with E-state index in [2.05, 4.69) is 25.2 Å². The molecule has 0 bridgehead atoms. The minimum Gasteiger partial charge on any atom is -0.295 e. The lowest BCUT2D eigenvalue weighted by molar-refractivity contribution is 0.310. The van der Waals surface area contributed by atoms with Gasteiger partial charge in [-0.25, -0.2) is 9.50 Å². The third kappa shape index (κ3) is 3.24. The van der Waals surface area contributed by atoms with Crippen LogP contribution >= 0.6 is 0 Å². The van der Waals surface area contributed by atoms with E-state index in [-0.39, 0.29) is 5.56 Å². The Kier molecular flexibility index (Phi) is 4.17. The van der Waals surface area contributed by atoms with Crippen LogP contribution in [0.5, 0.6) is 0 Å². The first kappa shape index (κ1) is 16.1. The van der Waals surface area contributed by atoms with Gasteiger partial charge >= 0.3 is 0 Å². The van der Waals surface area contributed by atoms with Crippen LogP contribution in [0.4, 0.5) is 0 Å². The Labute approximate surface area is 146 Å². The van der Waals surface area contributed by atoms with Crippen molar-refractivity contribution in [2.24, 2.45) is 0 Å². The number of aromatic nitrogens is 5. The fourth-order valence-electron chi connectivity index (χ4n) is 3.69. The van der Waals surface area contributed by atoms with Crippen molar-refractivity contribution < 1.29 is 0 Å². The average Bonchev–Trinajstić information content (AvgIpc) is 3.02. The molecule has 1 aliphatic carbocycles. The van der Waals surface area contributed by atoms with Crippen molar-refractivity contribution in [1.29, 1.82) is 0 Å². The quantitative estimate of drug-likeness (QED) is 0.711. The molecular weight excluding hydrogens is 316 g/mol. The van der Waals surface area contributed by atoms with Gasteiger partial charge in [-0.1, -0.05) is 6.42 Å². The van der Waals surface area contributed by atoms with E-state index < -0.39 is 0 Å². The van der Waals surface area contributed by atoms with E-state index in [0.29, 0.717) is 12.2 Å². The summed E-state index contributed by atoms with van der Waals surface area (Å²) in [6, 6.07) is 3.49. The molecule has 0 radical (unpaired) electrons. The number of aryl methyl sites for hydroxylation is 2. The fraction of sp³-hybridized carbons (Fsp3) is 0.500. The molecule has 4 rings (SSSR count). The van der Waals surface area contributed by atoms with Gasteiger partial charge in [0.15, 0.2) is 5.65 Å². The monoisotopic (exact) mass is 340 g/mol. The van der Waals surface area contributed by atoms with Crippen LogP contribution in [0.3, 0.4) is 0 Å². The molecule has 0 aliphatic heterocycles. The van der Waals surface area contributed by atoms with Gasteiger partial charge in [0.05, 0.1) is 11.4 Å². The predicted molar refractivity (Wildman–Crippen MR) is 95.6 cm³/mol. The average molecular weight is 340 g/mol. The maximum atomic E-state index is 12.2. The summed E-state index contributed by atoms with van der Waals surface area (Å²) in [5, 5.41) is 10.8. The molecule has 3 aromatic rings. The van der Waals surface area contributed by atoms with E-state index in [0.717, 1.165) is 36.5 Å². The molecular formula is C18H24N6O. The Hall–Kier alpha value is -2.41. The standard InChI is InChI=1S/C18H24N6O/c1-12-8-17-19-13(9-18(25)24(17)22-12)10-23(2)11-16-14-6-4-3-5-7-15(14)20-21-16/h8-9,22H,3-7,10-11H2,1-2H3,(H,20,21). The second-order valence-electron chi connectivity index (χ2n) is 7.08. The Morgan fingerprint density at radius 3 is 2.92 bits per heavy atom. The molecule has 132 valence electrons. The van der Waals surface area contributed by atoms with Gasteiger partial charge < -0.3 is 0 Å². The van der Waals surface area contributed by atoms with Crippen LogP contribution in [0.2, 0.25) is 0 Å². The molecule has 0 atom stereocenters. The molecule has 0 saturated heterocycles. The molecule has 0 unspecified atom stereocenters. The highest BCUT2D eigenvalue weighted by Gasteiger charge is 2.17. The molecule has 0 fully saturated rings. The number of nitrogens with one attached hydrogen (secondary N) is 2. The van der Waals surface area contributed by atoms with Crippen LogP contribution in [0, 0.1) is 6.92 Å². The summed E-state index contributed by atoms with van der Waals surface area (Å²) < 4.78 is 1.48. The maximum absolute atomic E-state index is 12.2. The van der Waals surface area contributed by atoms with Gasteiger partial charge in [0.1, 0.15) is 0 Å². The van der Waals surface area contributed by atoms with Crippen LogP contribution in [-0.2, 0) is 25.9 Å². The minimum atomic E-state index is -0.0739. The number of hydrogen-bond acceptors (Lipinski definition) is 4. The summed E-state index contributed by atoms with van der Waals surface area (Å²) in [7, 11) is 2.05. The second-order valence-corrected chi connectivity index (χ2v) is 7.08. The van der Waals surface area contributed by atoms with Crippen molar-refractivity contribution in [3.63, 3.8) is 0 Å². The van der Waals surface area contributed by atoms with Gasteiger partial charge in [-0.2, -0.15) is 5.10 Å². The van der Waals surface area contributed by atoms with Crippen molar-refractivity contribution in [2.45, 2.75) is 52.1 Å². The molecule has 3 heterocycles. The van der Waals surface area contributed by atoms with Crippen LogP contribution in [-0.4, -0.2) is 36.7 Å². The first-order chi connectivity index (χ1) is 12.1. The normalized spacial score (nSPS) is 14.8. The lowest BCUT2D eigenvalue weighted by atomic mass is 10.1. The molecule has 1 aliphatic rings. The number of aromatic amines is 2. The van der Waals surface area contributed by atoms with Gasteiger partial charge in [0, 0.05) is 36.6 Å². The first-order valence-corrected chi connectivity index (χ1v) is 8.92. The number of rotatable bonds is 4. The lowest BCUT2D eigenvalue weighted by Crippen LogP contribution is -2.22. The third-order valence-corrected chi connectivity index (χ3v) is 4.88. The van der Waals surface area contributed by atoms with E-state index >= 15 is 0 Å². The molecule has 0 saturated carbocycles. The molecule has 2 N–H and O–H groups in total. The SMILES string of the molecule is Cc1cc2nc(CN(C)Cc3n[nH]c4c3CCCCC4)cc(=O)n2[nH]1. The lowest BCUT2D eigenvalue weighted by Gasteiger charge is -2.15. The largest absolute Gasteiger partial charge is 0.295 e. The number of H-pyrrole nitrogens is 2. The molecule has 7 nitrogen and oxygen atoms in total. The smallest absolute Gasteiger partial charge is 0.272 e. The first-order valence-electron chi connectivity index (χ1n) is 8.92. The molecule has 3 aromatic heterocycles. The van der Waals surface area contributed by atoms with Crippen molar-refractivity contribution >= 4 is 5.65 Å². The minimum absolute atomic E-state index is 0.0739. The predicted octanol–water partition coefficient (Wildman–Crippen LogP) is 1.96. The van der Waals surface area contributed by atoms with Crippen molar-refractivity contribution in [1.82, 2.24) is 29.7 Å². The van der Waals surface area contributed by atoms with Gasteiger partial charge in [0.2, 0.25) is 0 Å². The van der Waals surface area contributed by atoms with E-state index in [4.69, 9.17) is 0 Å². The molecule has 0 amide bonds. The zero-order valence-corrected chi connectivity index (χ0v) is 14.8. The van der Waals surface area contributed by atoms with Gasteiger partial charge in [-0.15, -0.1) is 0 Å². The second kappa shape index (κ2) is 6.48. The summed E-state index contributed by atoms with van der Waals surface area (Å²) in [6.45, 7) is 3.31. The van der Waals surface area contributed by atoms with Crippen LogP contribution in [0.25, 0.3) is 5.65 Å². The van der Waals surface area contributed by atoms with Gasteiger partial charge in [0.25, 0.3) is 5.56 Å². The van der Waals surface area contributed by atoms with E-state index in [1.807, 2.05) is 20.0 Å². The highest BCUT2D eigenvalue weighted by molar-refractivity contribution is 5.39. The maximum Gasteiger partial charge on any atom is 0.272 e. The molecule has 0 spiro atoms. The Morgan fingerprint density at radius 2 is 2.04 bits per heavy atom. The van der Waals surface area contributed by atoms with Crippen molar-refractivity contribution in [3.8, 4) is 0 Å². The Bertz CT molecular complexity index is 950. The molecule has 7 heteroatoms. The fourth-order valence-corrected chi connectivity index (χ4v) is 3.69. The number of hydrogen-bond donors (Lipinski definition) is 2. The van der Waals surface area contributed by atoms with Gasteiger partial charge in [-0.05, 0) is 45.2 Å². The highest BCUT2D eigenvalue weighted by Crippen LogP contribution is 2.22. The Morgan fingerprint density at radius 1 is 1.20 bits per heavy atom. The van der Waals surface area contributed by atoms with Crippen LogP contribution < -0.4 is 5.56 Å². The van der Waals surface area contributed by atoms with Crippen LogP contribution in [0.1, 0.15) is 47.6 Å². The van der Waals surface area contributed by atoms with Crippen molar-refractivity contribution in [2.75, 3.05) is 7.05 Å². The van der Waals surface area contributed by atoms with E-state index in [1.165, 1.54) is 35.0 Å². The summed E-state index contributed by atoms with van der Waals surface area (Å²) in [4.78, 5) is 19.0. The summed E-state index contributed by atoms with van der Waals surface area (Å²) in [5.41, 5.74) is 6.14. The number of nitrogens with zero attached hydrogens (tertiary/aromatic N) is 4. The van der Waals surface area contributed by atoms with Crippen molar-refractivity contribution in [3.05, 3.63) is 50.8 Å². The van der Waals surface area contributed by atoms with Gasteiger partial charge in [-0.3, -0.25) is 19.9 Å². The molecule has 25 heavy (non-hydrogen) atoms. The third-order valence-electron chi connectivity index (χ3n) is 4.88.